The normalized spacial score (nSPS) is 10.4. The van der Waals surface area contributed by atoms with Crippen LogP contribution in [0.5, 0.6) is 0 Å². The standard InChI is InChI=1S/C12H9F2N3OS/c13-10-1-7(3-15)2-11(14)9(10)5-16-4-8-6-19-12(18)17-8/h1-2,6,16H,4-5H2,(H,17,18). The molecule has 0 amide bonds. The Balaban J connectivity index is 2.04. The molecule has 1 aromatic heterocycles. The van der Waals surface area contributed by atoms with Crippen LogP contribution in [-0.2, 0) is 13.1 Å². The van der Waals surface area contributed by atoms with Gasteiger partial charge in [-0.2, -0.15) is 5.26 Å². The highest BCUT2D eigenvalue weighted by Crippen LogP contribution is 2.15. The lowest BCUT2D eigenvalue weighted by molar-refractivity contribution is 0.533. The van der Waals surface area contributed by atoms with Gasteiger partial charge in [0, 0.05) is 29.7 Å². The predicted molar refractivity (Wildman–Crippen MR) is 66.6 cm³/mol. The first-order chi connectivity index (χ1) is 9.10. The minimum atomic E-state index is -0.761. The molecule has 98 valence electrons. The van der Waals surface area contributed by atoms with E-state index in [9.17, 15) is 13.6 Å². The van der Waals surface area contributed by atoms with Crippen LogP contribution in [0, 0.1) is 23.0 Å². The summed E-state index contributed by atoms with van der Waals surface area (Å²) in [6, 6.07) is 3.67. The highest BCUT2D eigenvalue weighted by molar-refractivity contribution is 7.07. The molecule has 0 bridgehead atoms. The zero-order valence-electron chi connectivity index (χ0n) is 9.67. The van der Waals surface area contributed by atoms with E-state index in [-0.39, 0.29) is 22.5 Å². The summed E-state index contributed by atoms with van der Waals surface area (Å²) >= 11 is 1.03. The number of hydrogen-bond donors (Lipinski definition) is 2. The highest BCUT2D eigenvalue weighted by Gasteiger charge is 2.10. The number of nitriles is 1. The third kappa shape index (κ3) is 3.24. The predicted octanol–water partition coefficient (Wildman–Crippen LogP) is 1.88. The van der Waals surface area contributed by atoms with Gasteiger partial charge in [-0.25, -0.2) is 8.78 Å². The van der Waals surface area contributed by atoms with E-state index < -0.39 is 11.6 Å². The molecule has 4 nitrogen and oxygen atoms in total. The van der Waals surface area contributed by atoms with E-state index in [0.29, 0.717) is 12.2 Å². The van der Waals surface area contributed by atoms with Gasteiger partial charge >= 0.3 is 4.87 Å². The van der Waals surface area contributed by atoms with E-state index in [2.05, 4.69) is 10.3 Å². The molecule has 0 radical (unpaired) electrons. The van der Waals surface area contributed by atoms with Gasteiger partial charge in [-0.3, -0.25) is 4.79 Å². The molecule has 0 saturated carbocycles. The van der Waals surface area contributed by atoms with Crippen LogP contribution >= 0.6 is 11.3 Å². The molecule has 19 heavy (non-hydrogen) atoms. The topological polar surface area (TPSA) is 68.7 Å². The first-order valence-corrected chi connectivity index (χ1v) is 6.23. The molecule has 0 spiro atoms. The largest absolute Gasteiger partial charge is 0.315 e. The maximum absolute atomic E-state index is 13.5. The van der Waals surface area contributed by atoms with Crippen molar-refractivity contribution in [3.05, 3.63) is 55.6 Å². The molecular weight excluding hydrogens is 272 g/mol. The van der Waals surface area contributed by atoms with E-state index in [1.54, 1.807) is 11.4 Å². The van der Waals surface area contributed by atoms with Crippen molar-refractivity contribution in [1.82, 2.24) is 10.3 Å². The molecule has 0 fully saturated rings. The minimum Gasteiger partial charge on any atom is -0.315 e. The van der Waals surface area contributed by atoms with Crippen LogP contribution in [0.3, 0.4) is 0 Å². The van der Waals surface area contributed by atoms with Crippen LogP contribution in [0.15, 0.2) is 22.3 Å². The van der Waals surface area contributed by atoms with Gasteiger partial charge in [0.15, 0.2) is 0 Å². The van der Waals surface area contributed by atoms with Gasteiger partial charge in [0.05, 0.1) is 11.6 Å². The Morgan fingerprint density at radius 1 is 1.32 bits per heavy atom. The van der Waals surface area contributed by atoms with Crippen molar-refractivity contribution in [1.29, 1.82) is 5.26 Å². The van der Waals surface area contributed by atoms with E-state index in [1.165, 1.54) is 0 Å². The van der Waals surface area contributed by atoms with Crippen molar-refractivity contribution in [3.63, 3.8) is 0 Å². The van der Waals surface area contributed by atoms with Crippen LogP contribution < -0.4 is 10.2 Å². The lowest BCUT2D eigenvalue weighted by Crippen LogP contribution is -2.16. The van der Waals surface area contributed by atoms with Crippen molar-refractivity contribution < 1.29 is 8.78 Å². The molecule has 0 aliphatic carbocycles. The number of aromatic amines is 1. The Kier molecular flexibility index (Phi) is 4.04. The smallest absolute Gasteiger partial charge is 0.304 e. The molecule has 2 aromatic rings. The van der Waals surface area contributed by atoms with Gasteiger partial charge in [0.1, 0.15) is 11.6 Å². The number of thiazole rings is 1. The first kappa shape index (κ1) is 13.4. The molecule has 0 unspecified atom stereocenters. The van der Waals surface area contributed by atoms with Gasteiger partial charge in [-0.15, -0.1) is 0 Å². The zero-order valence-corrected chi connectivity index (χ0v) is 10.5. The van der Waals surface area contributed by atoms with Crippen LogP contribution in [0.2, 0.25) is 0 Å². The second kappa shape index (κ2) is 5.73. The average molecular weight is 281 g/mol. The van der Waals surface area contributed by atoms with Crippen molar-refractivity contribution in [2.45, 2.75) is 13.1 Å². The fourth-order valence-corrected chi connectivity index (χ4v) is 2.14. The Labute approximate surface area is 111 Å². The number of hydrogen-bond acceptors (Lipinski definition) is 4. The number of aromatic nitrogens is 1. The summed E-state index contributed by atoms with van der Waals surface area (Å²) in [5.74, 6) is -1.52. The van der Waals surface area contributed by atoms with Crippen molar-refractivity contribution in [3.8, 4) is 6.07 Å². The highest BCUT2D eigenvalue weighted by atomic mass is 32.1. The number of H-pyrrole nitrogens is 1. The van der Waals surface area contributed by atoms with Gasteiger partial charge in [-0.1, -0.05) is 11.3 Å². The third-order valence-corrected chi connectivity index (χ3v) is 3.18. The van der Waals surface area contributed by atoms with E-state index in [0.717, 1.165) is 23.5 Å². The second-order valence-corrected chi connectivity index (χ2v) is 4.65. The summed E-state index contributed by atoms with van der Waals surface area (Å²) in [7, 11) is 0. The lowest BCUT2D eigenvalue weighted by Gasteiger charge is -2.06. The molecule has 0 aliphatic rings. The molecule has 7 heteroatoms. The van der Waals surface area contributed by atoms with Gasteiger partial charge in [0.25, 0.3) is 0 Å². The number of benzene rings is 1. The second-order valence-electron chi connectivity index (χ2n) is 3.81. The zero-order chi connectivity index (χ0) is 13.8. The first-order valence-electron chi connectivity index (χ1n) is 5.35. The SMILES string of the molecule is N#Cc1cc(F)c(CNCc2csc(=O)[nH]2)c(F)c1. The summed E-state index contributed by atoms with van der Waals surface area (Å²) in [5.41, 5.74) is 0.474. The molecule has 1 aromatic carbocycles. The summed E-state index contributed by atoms with van der Waals surface area (Å²) in [5, 5.41) is 13.0. The summed E-state index contributed by atoms with van der Waals surface area (Å²) < 4.78 is 27.1. The van der Waals surface area contributed by atoms with E-state index in [4.69, 9.17) is 5.26 Å². The van der Waals surface area contributed by atoms with Crippen LogP contribution in [-0.4, -0.2) is 4.98 Å². The van der Waals surface area contributed by atoms with Gasteiger partial charge < -0.3 is 10.3 Å². The van der Waals surface area contributed by atoms with Crippen LogP contribution in [0.4, 0.5) is 8.78 Å². The quantitative estimate of drug-likeness (QED) is 0.899. The van der Waals surface area contributed by atoms with E-state index >= 15 is 0 Å². The Bertz CT molecular complexity index is 664. The number of halogens is 2. The summed E-state index contributed by atoms with van der Waals surface area (Å²) in [6.07, 6.45) is 0. The van der Waals surface area contributed by atoms with Crippen LogP contribution in [0.25, 0.3) is 0 Å². The van der Waals surface area contributed by atoms with Crippen molar-refractivity contribution >= 4 is 11.3 Å². The molecule has 0 atom stereocenters. The van der Waals surface area contributed by atoms with Crippen molar-refractivity contribution in [2.24, 2.45) is 0 Å². The fraction of sp³-hybridized carbons (Fsp3) is 0.167. The fourth-order valence-electron chi connectivity index (χ4n) is 1.56. The summed E-state index contributed by atoms with van der Waals surface area (Å²) in [4.78, 5) is 13.3. The minimum absolute atomic E-state index is 0.0265. The Hall–Kier alpha value is -2.04. The molecular formula is C12H9F2N3OS. The summed E-state index contributed by atoms with van der Waals surface area (Å²) in [6.45, 7) is 0.277. The maximum atomic E-state index is 13.5. The molecule has 2 rings (SSSR count). The Morgan fingerprint density at radius 3 is 2.53 bits per heavy atom. The molecule has 2 N–H and O–H groups in total. The van der Waals surface area contributed by atoms with Gasteiger partial charge in [0.2, 0.25) is 0 Å². The maximum Gasteiger partial charge on any atom is 0.304 e. The molecule has 0 saturated heterocycles. The number of nitrogens with zero attached hydrogens (tertiary/aromatic N) is 1. The van der Waals surface area contributed by atoms with E-state index in [1.807, 2.05) is 0 Å². The number of nitrogens with one attached hydrogen (secondary N) is 2. The van der Waals surface area contributed by atoms with Gasteiger partial charge in [-0.05, 0) is 12.1 Å². The lowest BCUT2D eigenvalue weighted by atomic mass is 10.1. The third-order valence-electron chi connectivity index (χ3n) is 2.46. The Morgan fingerprint density at radius 2 is 2.00 bits per heavy atom. The number of rotatable bonds is 4. The van der Waals surface area contributed by atoms with Crippen molar-refractivity contribution in [2.75, 3.05) is 0 Å². The molecule has 0 aliphatic heterocycles. The van der Waals surface area contributed by atoms with Crippen LogP contribution in [0.1, 0.15) is 16.8 Å². The molecule has 1 heterocycles. The average Bonchev–Trinajstić information content (AvgIpc) is 2.78. The monoisotopic (exact) mass is 281 g/mol.